The Balaban J connectivity index is 1.59. The third-order valence-electron chi connectivity index (χ3n) is 6.23. The van der Waals surface area contributed by atoms with E-state index in [0.29, 0.717) is 6.54 Å². The number of hydrogen-bond acceptors (Lipinski definition) is 2. The highest BCUT2D eigenvalue weighted by Crippen LogP contribution is 2.42. The molecule has 1 saturated carbocycles. The molecular formula is C26H28N4O2. The van der Waals surface area contributed by atoms with Crippen LogP contribution in [0.15, 0.2) is 66.9 Å². The number of aryl methyl sites for hydroxylation is 1. The maximum Gasteiger partial charge on any atom is 0.318 e. The normalized spacial score (nSPS) is 16.8. The largest absolute Gasteiger partial charge is 0.338 e. The van der Waals surface area contributed by atoms with Crippen LogP contribution >= 0.6 is 0 Å². The van der Waals surface area contributed by atoms with E-state index in [-0.39, 0.29) is 30.6 Å². The Bertz CT molecular complexity index is 1160. The minimum absolute atomic E-state index is 0.0634. The van der Waals surface area contributed by atoms with Gasteiger partial charge in [0.2, 0.25) is 5.91 Å². The van der Waals surface area contributed by atoms with Gasteiger partial charge in [-0.1, -0.05) is 42.0 Å². The summed E-state index contributed by atoms with van der Waals surface area (Å²) in [5, 5.41) is 2.87. The molecule has 1 aromatic heterocycles. The number of para-hydroxylation sites is 2. The molecule has 0 spiro atoms. The first-order valence-electron chi connectivity index (χ1n) is 11.3. The second kappa shape index (κ2) is 8.19. The van der Waals surface area contributed by atoms with Crippen LogP contribution in [-0.2, 0) is 4.79 Å². The SMILES string of the molecule is CCNC(=O)N(CC(=O)N1c2ccccc2-n2cccc2C1c1cccc(C)c1)C1CC1. The van der Waals surface area contributed by atoms with Crippen LogP contribution in [0.25, 0.3) is 5.69 Å². The summed E-state index contributed by atoms with van der Waals surface area (Å²) in [7, 11) is 0. The second-order valence-electron chi connectivity index (χ2n) is 8.57. The lowest BCUT2D eigenvalue weighted by molar-refractivity contribution is -0.119. The number of carbonyl (C=O) groups is 2. The number of nitrogens with one attached hydrogen (secondary N) is 1. The third kappa shape index (κ3) is 3.55. The van der Waals surface area contributed by atoms with Gasteiger partial charge in [-0.05, 0) is 56.5 Å². The van der Waals surface area contributed by atoms with Gasteiger partial charge in [-0.3, -0.25) is 9.69 Å². The number of rotatable bonds is 5. The molecule has 6 nitrogen and oxygen atoms in total. The van der Waals surface area contributed by atoms with Crippen LogP contribution in [0, 0.1) is 6.92 Å². The Morgan fingerprint density at radius 1 is 1.03 bits per heavy atom. The fraction of sp³-hybridized carbons (Fsp3) is 0.308. The molecule has 1 N–H and O–H groups in total. The molecule has 2 aliphatic rings. The van der Waals surface area contributed by atoms with Crippen molar-refractivity contribution in [2.45, 2.75) is 38.8 Å². The molecule has 164 valence electrons. The van der Waals surface area contributed by atoms with Crippen molar-refractivity contribution >= 4 is 17.6 Å². The molecule has 5 rings (SSSR count). The third-order valence-corrected chi connectivity index (χ3v) is 6.23. The van der Waals surface area contributed by atoms with Gasteiger partial charge in [-0.25, -0.2) is 4.79 Å². The van der Waals surface area contributed by atoms with Gasteiger partial charge in [0.15, 0.2) is 0 Å². The molecular weight excluding hydrogens is 400 g/mol. The Labute approximate surface area is 188 Å². The smallest absolute Gasteiger partial charge is 0.318 e. The molecule has 1 atom stereocenters. The van der Waals surface area contributed by atoms with Crippen molar-refractivity contribution in [3.63, 3.8) is 0 Å². The summed E-state index contributed by atoms with van der Waals surface area (Å²) in [5.41, 5.74) is 5.08. The fourth-order valence-corrected chi connectivity index (χ4v) is 4.65. The molecule has 2 aromatic carbocycles. The van der Waals surface area contributed by atoms with Gasteiger partial charge in [0.05, 0.1) is 17.1 Å². The summed E-state index contributed by atoms with van der Waals surface area (Å²) in [5.74, 6) is -0.0745. The predicted octanol–water partition coefficient (Wildman–Crippen LogP) is 4.42. The molecule has 1 unspecified atom stereocenters. The van der Waals surface area contributed by atoms with E-state index in [9.17, 15) is 9.59 Å². The Hall–Kier alpha value is -3.54. The van der Waals surface area contributed by atoms with E-state index < -0.39 is 0 Å². The van der Waals surface area contributed by atoms with Crippen LogP contribution in [0.1, 0.15) is 42.6 Å². The van der Waals surface area contributed by atoms with Gasteiger partial charge in [0.1, 0.15) is 12.6 Å². The van der Waals surface area contributed by atoms with Crippen molar-refractivity contribution in [2.75, 3.05) is 18.0 Å². The zero-order valence-electron chi connectivity index (χ0n) is 18.5. The van der Waals surface area contributed by atoms with E-state index in [2.05, 4.69) is 41.1 Å². The molecule has 1 aliphatic heterocycles. The first-order valence-corrected chi connectivity index (χ1v) is 11.3. The standard InChI is InChI=1S/C26H28N4O2/c1-3-27-26(32)29(20-13-14-20)17-24(31)30-22-11-5-4-10-21(22)28-15-7-12-23(28)25(30)19-9-6-8-18(2)16-19/h4-12,15-16,20,25H,3,13-14,17H2,1-2H3,(H,27,32). The van der Waals surface area contributed by atoms with Crippen molar-refractivity contribution in [2.24, 2.45) is 0 Å². The van der Waals surface area contributed by atoms with Crippen molar-refractivity contribution in [3.8, 4) is 5.69 Å². The maximum absolute atomic E-state index is 13.9. The topological polar surface area (TPSA) is 57.6 Å². The lowest BCUT2D eigenvalue weighted by Crippen LogP contribution is -2.49. The van der Waals surface area contributed by atoms with Crippen LogP contribution in [0.4, 0.5) is 10.5 Å². The van der Waals surface area contributed by atoms with Gasteiger partial charge in [-0.15, -0.1) is 0 Å². The fourth-order valence-electron chi connectivity index (χ4n) is 4.65. The van der Waals surface area contributed by atoms with Crippen LogP contribution in [-0.4, -0.2) is 40.5 Å². The summed E-state index contributed by atoms with van der Waals surface area (Å²) >= 11 is 0. The first kappa shape index (κ1) is 20.4. The number of carbonyl (C=O) groups excluding carboxylic acids is 2. The molecule has 2 heterocycles. The number of hydrogen-bond donors (Lipinski definition) is 1. The maximum atomic E-state index is 13.9. The van der Waals surface area contributed by atoms with E-state index in [0.717, 1.165) is 41.0 Å². The quantitative estimate of drug-likeness (QED) is 0.654. The van der Waals surface area contributed by atoms with E-state index in [1.807, 2.05) is 54.4 Å². The van der Waals surface area contributed by atoms with E-state index >= 15 is 0 Å². The molecule has 1 fully saturated rings. The minimum Gasteiger partial charge on any atom is -0.338 e. The summed E-state index contributed by atoms with van der Waals surface area (Å²) in [4.78, 5) is 30.2. The minimum atomic E-state index is -0.261. The Kier molecular flexibility index (Phi) is 5.21. The Morgan fingerprint density at radius 3 is 2.53 bits per heavy atom. The zero-order chi connectivity index (χ0) is 22.2. The van der Waals surface area contributed by atoms with Crippen molar-refractivity contribution in [3.05, 3.63) is 83.7 Å². The highest BCUT2D eigenvalue weighted by molar-refractivity contribution is 6.00. The zero-order valence-corrected chi connectivity index (χ0v) is 18.5. The van der Waals surface area contributed by atoms with Crippen LogP contribution < -0.4 is 10.2 Å². The number of nitrogens with zero attached hydrogens (tertiary/aromatic N) is 3. The number of fused-ring (bicyclic) bond motifs is 3. The predicted molar refractivity (Wildman–Crippen MR) is 125 cm³/mol. The number of amides is 3. The van der Waals surface area contributed by atoms with Crippen molar-refractivity contribution in [1.29, 1.82) is 0 Å². The molecule has 3 amide bonds. The van der Waals surface area contributed by atoms with Crippen molar-refractivity contribution in [1.82, 2.24) is 14.8 Å². The van der Waals surface area contributed by atoms with E-state index in [4.69, 9.17) is 0 Å². The summed E-state index contributed by atoms with van der Waals surface area (Å²) in [6, 6.07) is 20.1. The van der Waals surface area contributed by atoms with Gasteiger partial charge in [0.25, 0.3) is 0 Å². The number of aromatic nitrogens is 1. The second-order valence-corrected chi connectivity index (χ2v) is 8.57. The molecule has 1 aliphatic carbocycles. The van der Waals surface area contributed by atoms with Gasteiger partial charge < -0.3 is 14.8 Å². The average molecular weight is 429 g/mol. The lowest BCUT2D eigenvalue weighted by atomic mass is 9.96. The summed E-state index contributed by atoms with van der Waals surface area (Å²) in [6.45, 7) is 4.57. The van der Waals surface area contributed by atoms with Crippen LogP contribution in [0.3, 0.4) is 0 Å². The number of anilines is 1. The highest BCUT2D eigenvalue weighted by atomic mass is 16.2. The molecule has 6 heteroatoms. The Morgan fingerprint density at radius 2 is 1.81 bits per heavy atom. The number of benzene rings is 2. The monoisotopic (exact) mass is 428 g/mol. The van der Waals surface area contributed by atoms with Gasteiger partial charge in [-0.2, -0.15) is 0 Å². The van der Waals surface area contributed by atoms with E-state index in [1.54, 1.807) is 4.90 Å². The summed E-state index contributed by atoms with van der Waals surface area (Å²) < 4.78 is 2.16. The van der Waals surface area contributed by atoms with Crippen molar-refractivity contribution < 1.29 is 9.59 Å². The van der Waals surface area contributed by atoms with Crippen LogP contribution in [0.2, 0.25) is 0 Å². The molecule has 0 bridgehead atoms. The summed E-state index contributed by atoms with van der Waals surface area (Å²) in [6.07, 6.45) is 3.94. The van der Waals surface area contributed by atoms with Gasteiger partial charge >= 0.3 is 6.03 Å². The highest BCUT2D eigenvalue weighted by Gasteiger charge is 2.39. The lowest BCUT2D eigenvalue weighted by Gasteiger charge is -2.39. The molecule has 0 radical (unpaired) electrons. The van der Waals surface area contributed by atoms with Crippen LogP contribution in [0.5, 0.6) is 0 Å². The molecule has 3 aromatic rings. The molecule has 32 heavy (non-hydrogen) atoms. The number of urea groups is 1. The van der Waals surface area contributed by atoms with E-state index in [1.165, 1.54) is 0 Å². The van der Waals surface area contributed by atoms with Gasteiger partial charge in [0, 0.05) is 18.8 Å². The first-order chi connectivity index (χ1) is 15.6. The molecule has 0 saturated heterocycles. The average Bonchev–Trinajstić information content (AvgIpc) is 3.51.